The zero-order valence-corrected chi connectivity index (χ0v) is 24.3. The summed E-state index contributed by atoms with van der Waals surface area (Å²) in [6, 6.07) is 8.30. The second kappa shape index (κ2) is 12.3. The van der Waals surface area contributed by atoms with Crippen LogP contribution in [0.25, 0.3) is 0 Å². The molecule has 1 N–H and O–H groups in total. The second-order valence-electron chi connectivity index (χ2n) is 11.6. The molecule has 0 aliphatic carbocycles. The number of aliphatic hydroxyl groups excluding tert-OH is 1. The average Bonchev–Trinajstić information content (AvgIpc) is 3.52. The first kappa shape index (κ1) is 30.0. The molecule has 3 fully saturated rings. The number of unbranched alkanes of at least 4 members (excludes halogenated alkanes) is 1. The Hall–Kier alpha value is -2.97. The molecule has 0 radical (unpaired) electrons. The van der Waals surface area contributed by atoms with Crippen molar-refractivity contribution in [2.24, 2.45) is 11.8 Å². The SMILES string of the molecule is C=CCN(CCCC)C(=O)C1N([C@@H](CC)CO)C(=O)[C@@H]2[C@H](C(=O)N(CC=C)Cc3ccccc3)[C@]3(C)CCC12O3. The van der Waals surface area contributed by atoms with Crippen LogP contribution in [0.2, 0.25) is 0 Å². The highest BCUT2D eigenvalue weighted by atomic mass is 16.5. The molecular formula is C32H45N3O5. The Balaban J connectivity index is 1.77. The molecule has 3 heterocycles. The third-order valence-corrected chi connectivity index (χ3v) is 9.11. The Bertz CT molecular complexity index is 1110. The van der Waals surface area contributed by atoms with E-state index < -0.39 is 35.1 Å². The molecule has 3 saturated heterocycles. The van der Waals surface area contributed by atoms with Gasteiger partial charge in [-0.15, -0.1) is 13.2 Å². The van der Waals surface area contributed by atoms with Crippen molar-refractivity contribution in [1.29, 1.82) is 0 Å². The van der Waals surface area contributed by atoms with Crippen molar-refractivity contribution in [3.05, 3.63) is 61.2 Å². The monoisotopic (exact) mass is 551 g/mol. The number of likely N-dealkylation sites (tertiary alicyclic amines) is 1. The molecule has 218 valence electrons. The van der Waals surface area contributed by atoms with Gasteiger partial charge in [-0.25, -0.2) is 0 Å². The summed E-state index contributed by atoms with van der Waals surface area (Å²) in [5, 5.41) is 10.3. The lowest BCUT2D eigenvalue weighted by molar-refractivity contribution is -0.156. The number of ether oxygens (including phenoxy) is 1. The fourth-order valence-electron chi connectivity index (χ4n) is 7.18. The summed E-state index contributed by atoms with van der Waals surface area (Å²) < 4.78 is 6.80. The van der Waals surface area contributed by atoms with Crippen molar-refractivity contribution >= 4 is 17.7 Å². The highest BCUT2D eigenvalue weighted by Gasteiger charge is 2.78. The third kappa shape index (κ3) is 5.00. The normalized spacial score (nSPS) is 29.2. The highest BCUT2D eigenvalue weighted by Crippen LogP contribution is 2.64. The van der Waals surface area contributed by atoms with Crippen molar-refractivity contribution in [3.63, 3.8) is 0 Å². The van der Waals surface area contributed by atoms with Gasteiger partial charge in [0.1, 0.15) is 11.6 Å². The van der Waals surface area contributed by atoms with Gasteiger partial charge in [-0.2, -0.15) is 0 Å². The topological polar surface area (TPSA) is 90.4 Å². The van der Waals surface area contributed by atoms with E-state index in [2.05, 4.69) is 20.1 Å². The van der Waals surface area contributed by atoms with Crippen molar-refractivity contribution in [3.8, 4) is 0 Å². The number of fused-ring (bicyclic) bond motifs is 1. The number of carbonyl (C=O) groups is 3. The predicted molar refractivity (Wildman–Crippen MR) is 154 cm³/mol. The van der Waals surface area contributed by atoms with Crippen molar-refractivity contribution in [1.82, 2.24) is 14.7 Å². The standard InChI is InChI=1S/C32H45N3O5/c1-6-10-20-33(18-7-2)30(39)27-32-17-16-31(5,40-32)25(26(32)29(38)35(27)24(9-4)22-36)28(37)34(19-8-3)21-23-14-12-11-13-15-23/h7-8,11-15,24-27,36H,2-3,6,9-10,16-22H2,1,4-5H3/t24-,25+,26-,27?,31-,32?/m0/s1. The van der Waals surface area contributed by atoms with Gasteiger partial charge in [0.05, 0.1) is 30.1 Å². The van der Waals surface area contributed by atoms with Gasteiger partial charge in [-0.3, -0.25) is 14.4 Å². The van der Waals surface area contributed by atoms with Gasteiger partial charge in [0.25, 0.3) is 0 Å². The molecule has 0 saturated carbocycles. The maximum absolute atomic E-state index is 14.4. The molecular weight excluding hydrogens is 506 g/mol. The fourth-order valence-corrected chi connectivity index (χ4v) is 7.18. The van der Waals surface area contributed by atoms with Gasteiger partial charge in [0.2, 0.25) is 17.7 Å². The van der Waals surface area contributed by atoms with Crippen LogP contribution in [0.3, 0.4) is 0 Å². The van der Waals surface area contributed by atoms with Gasteiger partial charge < -0.3 is 24.5 Å². The van der Waals surface area contributed by atoms with Crippen molar-refractivity contribution in [2.45, 2.75) is 82.7 Å². The Morgan fingerprint density at radius 2 is 1.80 bits per heavy atom. The number of benzene rings is 1. The minimum atomic E-state index is -1.12. The molecule has 6 atom stereocenters. The molecule has 1 aromatic carbocycles. The van der Waals surface area contributed by atoms with Crippen LogP contribution in [-0.4, -0.2) is 87.1 Å². The van der Waals surface area contributed by atoms with Crippen molar-refractivity contribution < 1.29 is 24.2 Å². The minimum absolute atomic E-state index is 0.162. The summed E-state index contributed by atoms with van der Waals surface area (Å²) in [4.78, 5) is 48.1. The van der Waals surface area contributed by atoms with Gasteiger partial charge >= 0.3 is 0 Å². The molecule has 8 nitrogen and oxygen atoms in total. The molecule has 8 heteroatoms. The molecule has 4 rings (SSSR count). The number of carbonyl (C=O) groups excluding carboxylic acids is 3. The summed E-state index contributed by atoms with van der Waals surface area (Å²) in [7, 11) is 0. The predicted octanol–water partition coefficient (Wildman–Crippen LogP) is 3.55. The van der Waals surface area contributed by atoms with E-state index in [1.54, 1.807) is 26.9 Å². The van der Waals surface area contributed by atoms with Crippen LogP contribution < -0.4 is 0 Å². The molecule has 3 aliphatic rings. The maximum Gasteiger partial charge on any atom is 0.248 e. The molecule has 3 aliphatic heterocycles. The second-order valence-corrected chi connectivity index (χ2v) is 11.6. The number of rotatable bonds is 14. The van der Waals surface area contributed by atoms with Gasteiger partial charge in [0, 0.05) is 26.2 Å². The number of hydrogen-bond donors (Lipinski definition) is 1. The quantitative estimate of drug-likeness (QED) is 0.357. The molecule has 0 aromatic heterocycles. The van der Waals surface area contributed by atoms with E-state index in [0.29, 0.717) is 45.4 Å². The number of amides is 3. The lowest BCUT2D eigenvalue weighted by Crippen LogP contribution is -2.58. The summed E-state index contributed by atoms with van der Waals surface area (Å²) in [6.45, 7) is 14.9. The fraction of sp³-hybridized carbons (Fsp3) is 0.594. The van der Waals surface area contributed by atoms with E-state index in [4.69, 9.17) is 4.74 Å². The van der Waals surface area contributed by atoms with Crippen LogP contribution in [-0.2, 0) is 25.7 Å². The average molecular weight is 552 g/mol. The Morgan fingerprint density at radius 1 is 1.12 bits per heavy atom. The molecule has 1 aromatic rings. The number of nitrogens with zero attached hydrogens (tertiary/aromatic N) is 3. The zero-order valence-electron chi connectivity index (χ0n) is 24.3. The Labute approximate surface area is 238 Å². The number of hydrogen-bond acceptors (Lipinski definition) is 5. The van der Waals surface area contributed by atoms with E-state index >= 15 is 0 Å². The van der Waals surface area contributed by atoms with E-state index in [1.165, 1.54) is 0 Å². The first-order valence-electron chi connectivity index (χ1n) is 14.7. The Morgan fingerprint density at radius 3 is 2.40 bits per heavy atom. The van der Waals surface area contributed by atoms with Crippen LogP contribution in [0.4, 0.5) is 0 Å². The number of aliphatic hydroxyl groups is 1. The minimum Gasteiger partial charge on any atom is -0.394 e. The van der Waals surface area contributed by atoms with E-state index in [1.807, 2.05) is 44.2 Å². The zero-order chi connectivity index (χ0) is 29.1. The maximum atomic E-state index is 14.4. The van der Waals surface area contributed by atoms with Gasteiger partial charge in [-0.1, -0.05) is 62.8 Å². The summed E-state index contributed by atoms with van der Waals surface area (Å²) in [5.41, 5.74) is -1.01. The van der Waals surface area contributed by atoms with Crippen LogP contribution in [0, 0.1) is 11.8 Å². The lowest BCUT2D eigenvalue weighted by Gasteiger charge is -2.39. The summed E-state index contributed by atoms with van der Waals surface area (Å²) >= 11 is 0. The van der Waals surface area contributed by atoms with Crippen LogP contribution >= 0.6 is 0 Å². The van der Waals surface area contributed by atoms with Gasteiger partial charge in [0.15, 0.2) is 0 Å². The largest absolute Gasteiger partial charge is 0.394 e. The molecule has 3 amide bonds. The molecule has 2 bridgehead atoms. The smallest absolute Gasteiger partial charge is 0.248 e. The summed E-state index contributed by atoms with van der Waals surface area (Å²) in [6.07, 6.45) is 6.70. The van der Waals surface area contributed by atoms with E-state index in [-0.39, 0.29) is 24.3 Å². The van der Waals surface area contributed by atoms with Crippen molar-refractivity contribution in [2.75, 3.05) is 26.2 Å². The van der Waals surface area contributed by atoms with E-state index in [9.17, 15) is 19.5 Å². The van der Waals surface area contributed by atoms with Crippen LogP contribution in [0.15, 0.2) is 55.6 Å². The molecule has 2 unspecified atom stereocenters. The molecule has 1 spiro atoms. The van der Waals surface area contributed by atoms with Gasteiger partial charge in [-0.05, 0) is 38.2 Å². The summed E-state index contributed by atoms with van der Waals surface area (Å²) in [5.74, 6) is -2.16. The van der Waals surface area contributed by atoms with Crippen LogP contribution in [0.5, 0.6) is 0 Å². The first-order chi connectivity index (χ1) is 19.2. The third-order valence-electron chi connectivity index (χ3n) is 9.11. The Kier molecular flexibility index (Phi) is 9.20. The first-order valence-corrected chi connectivity index (χ1v) is 14.7. The van der Waals surface area contributed by atoms with E-state index in [0.717, 1.165) is 18.4 Å². The molecule has 40 heavy (non-hydrogen) atoms. The highest BCUT2D eigenvalue weighted by molar-refractivity contribution is 5.99. The van der Waals surface area contributed by atoms with Crippen LogP contribution in [0.1, 0.15) is 58.4 Å². The lowest BCUT2D eigenvalue weighted by atomic mass is 9.66.